The molecule has 0 spiro atoms. The van der Waals surface area contributed by atoms with E-state index >= 15 is 0 Å². The molecular weight excluding hydrogens is 249 g/mol. The highest BCUT2D eigenvalue weighted by Crippen LogP contribution is 2.35. The Bertz CT molecular complexity index is 394. The fourth-order valence-corrected chi connectivity index (χ4v) is 3.17. The Hall–Kier alpha value is -0.600. The molecule has 0 aromatic heterocycles. The largest absolute Gasteiger partial charge is 0.317 e. The van der Waals surface area contributed by atoms with Gasteiger partial charge in [0.25, 0.3) is 0 Å². The first-order chi connectivity index (χ1) is 8.72. The molecule has 1 N–H and O–H groups in total. The van der Waals surface area contributed by atoms with Crippen LogP contribution in [0.5, 0.6) is 0 Å². The van der Waals surface area contributed by atoms with Crippen molar-refractivity contribution in [3.8, 4) is 0 Å². The zero-order valence-electron chi connectivity index (χ0n) is 10.9. The Labute approximate surface area is 114 Å². The average molecular weight is 270 g/mol. The van der Waals surface area contributed by atoms with Crippen molar-refractivity contribution in [1.82, 2.24) is 5.32 Å². The number of hydrogen-bond donors (Lipinski definition) is 1. The van der Waals surface area contributed by atoms with Crippen LogP contribution in [0.15, 0.2) is 18.2 Å². The fraction of sp³-hybridized carbons (Fsp3) is 0.600. The minimum absolute atomic E-state index is 0.296. The van der Waals surface area contributed by atoms with Crippen LogP contribution in [0.4, 0.5) is 4.39 Å². The molecule has 1 saturated carbocycles. The molecule has 0 amide bonds. The second-order valence-electron chi connectivity index (χ2n) is 5.18. The van der Waals surface area contributed by atoms with Gasteiger partial charge in [0.1, 0.15) is 5.82 Å². The first-order valence-corrected chi connectivity index (χ1v) is 7.23. The quantitative estimate of drug-likeness (QED) is 0.850. The summed E-state index contributed by atoms with van der Waals surface area (Å²) in [5.74, 6) is 1.06. The van der Waals surface area contributed by atoms with E-state index in [0.717, 1.165) is 25.1 Å². The standard InChI is InChI=1S/C15H21ClFN/c1-2-18-10-13-7-3-5-11(13)9-12-6-4-8-14(17)15(12)16/h4,6,8,11,13,18H,2-3,5,7,9-10H2,1H3. The molecule has 2 atom stereocenters. The van der Waals surface area contributed by atoms with Gasteiger partial charge in [0.2, 0.25) is 0 Å². The zero-order chi connectivity index (χ0) is 13.0. The molecule has 3 heteroatoms. The maximum Gasteiger partial charge on any atom is 0.142 e. The molecule has 1 aliphatic carbocycles. The first kappa shape index (κ1) is 13.8. The third-order valence-corrected chi connectivity index (χ3v) is 4.41. The summed E-state index contributed by atoms with van der Waals surface area (Å²) in [4.78, 5) is 0. The topological polar surface area (TPSA) is 12.0 Å². The van der Waals surface area contributed by atoms with Gasteiger partial charge in [-0.25, -0.2) is 4.39 Å². The summed E-state index contributed by atoms with van der Waals surface area (Å²) in [5, 5.41) is 3.74. The van der Waals surface area contributed by atoms with Crippen LogP contribution < -0.4 is 5.32 Å². The van der Waals surface area contributed by atoms with Crippen molar-refractivity contribution < 1.29 is 4.39 Å². The molecule has 2 rings (SSSR count). The summed E-state index contributed by atoms with van der Waals surface area (Å²) >= 11 is 6.03. The lowest BCUT2D eigenvalue weighted by atomic mass is 9.89. The SMILES string of the molecule is CCNCC1CCCC1Cc1cccc(F)c1Cl. The highest BCUT2D eigenvalue weighted by Gasteiger charge is 2.27. The summed E-state index contributed by atoms with van der Waals surface area (Å²) in [6.45, 7) is 4.23. The van der Waals surface area contributed by atoms with Gasteiger partial charge in [0, 0.05) is 0 Å². The van der Waals surface area contributed by atoms with Crippen LogP contribution in [0, 0.1) is 17.7 Å². The van der Waals surface area contributed by atoms with Crippen molar-refractivity contribution in [2.24, 2.45) is 11.8 Å². The van der Waals surface area contributed by atoms with Gasteiger partial charge in [-0.15, -0.1) is 0 Å². The van der Waals surface area contributed by atoms with Crippen LogP contribution in [0.3, 0.4) is 0 Å². The molecule has 1 aliphatic rings. The minimum Gasteiger partial charge on any atom is -0.317 e. The molecule has 100 valence electrons. The number of nitrogens with one attached hydrogen (secondary N) is 1. The molecule has 1 nitrogen and oxygen atoms in total. The van der Waals surface area contributed by atoms with Crippen molar-refractivity contribution in [3.63, 3.8) is 0 Å². The van der Waals surface area contributed by atoms with Crippen molar-refractivity contribution in [2.45, 2.75) is 32.6 Å². The van der Waals surface area contributed by atoms with Crippen molar-refractivity contribution in [1.29, 1.82) is 0 Å². The van der Waals surface area contributed by atoms with E-state index in [9.17, 15) is 4.39 Å². The first-order valence-electron chi connectivity index (χ1n) is 6.86. The van der Waals surface area contributed by atoms with Crippen LogP contribution in [-0.4, -0.2) is 13.1 Å². The van der Waals surface area contributed by atoms with Gasteiger partial charge in [-0.05, 0) is 55.8 Å². The molecule has 1 aromatic rings. The van der Waals surface area contributed by atoms with E-state index in [1.54, 1.807) is 6.07 Å². The molecule has 0 radical (unpaired) electrons. The molecule has 2 unspecified atom stereocenters. The highest BCUT2D eigenvalue weighted by molar-refractivity contribution is 6.31. The van der Waals surface area contributed by atoms with Crippen LogP contribution >= 0.6 is 11.6 Å². The van der Waals surface area contributed by atoms with Gasteiger partial charge in [-0.1, -0.05) is 37.1 Å². The van der Waals surface area contributed by atoms with Gasteiger partial charge in [0.05, 0.1) is 5.02 Å². The number of benzene rings is 1. The molecule has 0 saturated heterocycles. The van der Waals surface area contributed by atoms with Gasteiger partial charge < -0.3 is 5.32 Å². The molecule has 0 heterocycles. The maximum atomic E-state index is 13.4. The number of hydrogen-bond acceptors (Lipinski definition) is 1. The van der Waals surface area contributed by atoms with E-state index in [4.69, 9.17) is 11.6 Å². The predicted molar refractivity (Wildman–Crippen MR) is 74.5 cm³/mol. The maximum absolute atomic E-state index is 13.4. The van der Waals surface area contributed by atoms with Crippen LogP contribution in [-0.2, 0) is 6.42 Å². The monoisotopic (exact) mass is 269 g/mol. The van der Waals surface area contributed by atoms with Crippen molar-refractivity contribution >= 4 is 11.6 Å². The molecule has 1 aromatic carbocycles. The third-order valence-electron chi connectivity index (χ3n) is 3.99. The van der Waals surface area contributed by atoms with E-state index in [2.05, 4.69) is 12.2 Å². The normalized spacial score (nSPS) is 23.5. The summed E-state index contributed by atoms with van der Waals surface area (Å²) in [6, 6.07) is 5.13. The Morgan fingerprint density at radius 1 is 1.33 bits per heavy atom. The van der Waals surface area contributed by atoms with Crippen molar-refractivity contribution in [2.75, 3.05) is 13.1 Å². The molecule has 0 bridgehead atoms. The summed E-state index contributed by atoms with van der Waals surface area (Å²) in [7, 11) is 0. The van der Waals surface area contributed by atoms with E-state index in [1.807, 2.05) is 6.07 Å². The van der Waals surface area contributed by atoms with Crippen LogP contribution in [0.1, 0.15) is 31.7 Å². The Morgan fingerprint density at radius 3 is 2.89 bits per heavy atom. The summed E-state index contributed by atoms with van der Waals surface area (Å²) in [5.41, 5.74) is 0.963. The molecule has 1 fully saturated rings. The minimum atomic E-state index is -0.296. The van der Waals surface area contributed by atoms with Crippen LogP contribution in [0.2, 0.25) is 5.02 Å². The van der Waals surface area contributed by atoms with Gasteiger partial charge >= 0.3 is 0 Å². The van der Waals surface area contributed by atoms with Gasteiger partial charge in [-0.2, -0.15) is 0 Å². The highest BCUT2D eigenvalue weighted by atomic mass is 35.5. The molecular formula is C15H21ClFN. The fourth-order valence-electron chi connectivity index (χ4n) is 2.97. The van der Waals surface area contributed by atoms with E-state index in [0.29, 0.717) is 16.9 Å². The smallest absolute Gasteiger partial charge is 0.142 e. The number of rotatable bonds is 5. The third kappa shape index (κ3) is 3.24. The number of halogens is 2. The molecule has 0 aliphatic heterocycles. The second kappa shape index (κ2) is 6.53. The second-order valence-corrected chi connectivity index (χ2v) is 5.55. The van der Waals surface area contributed by atoms with Crippen LogP contribution in [0.25, 0.3) is 0 Å². The predicted octanol–water partition coefficient (Wildman–Crippen LogP) is 4.05. The average Bonchev–Trinajstić information content (AvgIpc) is 2.80. The lowest BCUT2D eigenvalue weighted by Crippen LogP contribution is -2.26. The summed E-state index contributed by atoms with van der Waals surface area (Å²) in [6.07, 6.45) is 4.72. The van der Waals surface area contributed by atoms with Crippen molar-refractivity contribution in [3.05, 3.63) is 34.6 Å². The Kier molecular flexibility index (Phi) is 5.02. The van der Waals surface area contributed by atoms with E-state index < -0.39 is 0 Å². The van der Waals surface area contributed by atoms with E-state index in [-0.39, 0.29) is 5.82 Å². The lowest BCUT2D eigenvalue weighted by molar-refractivity contribution is 0.368. The Morgan fingerprint density at radius 2 is 2.11 bits per heavy atom. The van der Waals surface area contributed by atoms with E-state index in [1.165, 1.54) is 25.3 Å². The summed E-state index contributed by atoms with van der Waals surface area (Å²) < 4.78 is 13.4. The Balaban J connectivity index is 2.01. The lowest BCUT2D eigenvalue weighted by Gasteiger charge is -2.20. The zero-order valence-corrected chi connectivity index (χ0v) is 11.6. The molecule has 18 heavy (non-hydrogen) atoms. The van der Waals surface area contributed by atoms with Gasteiger partial charge in [-0.3, -0.25) is 0 Å². The van der Waals surface area contributed by atoms with Gasteiger partial charge in [0.15, 0.2) is 0 Å².